The zero-order valence-electron chi connectivity index (χ0n) is 11.0. The smallest absolute Gasteiger partial charge is 0.303 e. The van der Waals surface area contributed by atoms with Gasteiger partial charge >= 0.3 is 5.97 Å². The summed E-state index contributed by atoms with van der Waals surface area (Å²) in [4.78, 5) is 22.9. The molecule has 0 saturated heterocycles. The Morgan fingerprint density at radius 3 is 2.32 bits per heavy atom. The van der Waals surface area contributed by atoms with E-state index in [1.54, 1.807) is 24.3 Å². The minimum Gasteiger partial charge on any atom is -0.481 e. The van der Waals surface area contributed by atoms with Crippen molar-refractivity contribution in [2.45, 2.75) is 38.8 Å². The number of aliphatic carboxylic acids is 1. The van der Waals surface area contributed by atoms with Crippen molar-refractivity contribution < 1.29 is 14.7 Å². The van der Waals surface area contributed by atoms with Gasteiger partial charge in [-0.15, -0.1) is 0 Å². The van der Waals surface area contributed by atoms with Crippen LogP contribution in [0.3, 0.4) is 0 Å². The molecule has 1 aromatic carbocycles. The summed E-state index contributed by atoms with van der Waals surface area (Å²) >= 11 is 5.78. The molecule has 2 N–H and O–H groups in total. The third kappa shape index (κ3) is 5.41. The third-order valence-corrected chi connectivity index (χ3v) is 2.88. The number of carbonyl (C=O) groups excluding carboxylic acids is 1. The van der Waals surface area contributed by atoms with Gasteiger partial charge in [-0.05, 0) is 30.7 Å². The van der Waals surface area contributed by atoms with E-state index in [4.69, 9.17) is 16.7 Å². The zero-order valence-corrected chi connectivity index (χ0v) is 11.8. The predicted octanol–water partition coefficient (Wildman–Crippen LogP) is 2.75. The zero-order chi connectivity index (χ0) is 14.4. The third-order valence-electron chi connectivity index (χ3n) is 2.63. The van der Waals surface area contributed by atoms with Crippen molar-refractivity contribution in [1.29, 1.82) is 0 Å². The van der Waals surface area contributed by atoms with Crippen molar-refractivity contribution in [2.75, 3.05) is 0 Å². The molecule has 0 aliphatic carbocycles. The molecule has 0 saturated carbocycles. The predicted molar refractivity (Wildman–Crippen MR) is 74.7 cm³/mol. The SMILES string of the molecule is CC(C)NC(CCC(=O)O)C(=O)c1ccc(Cl)cc1. The first-order chi connectivity index (χ1) is 8.90. The van der Waals surface area contributed by atoms with E-state index in [2.05, 4.69) is 5.32 Å². The van der Waals surface area contributed by atoms with Crippen molar-refractivity contribution in [1.82, 2.24) is 5.32 Å². The summed E-state index contributed by atoms with van der Waals surface area (Å²) in [6.07, 6.45) is 0.235. The van der Waals surface area contributed by atoms with Crippen LogP contribution in [0.4, 0.5) is 0 Å². The number of rotatable bonds is 7. The highest BCUT2D eigenvalue weighted by Crippen LogP contribution is 2.13. The second-order valence-corrected chi connectivity index (χ2v) is 5.11. The van der Waals surface area contributed by atoms with E-state index in [1.165, 1.54) is 0 Å². The summed E-state index contributed by atoms with van der Waals surface area (Å²) in [6, 6.07) is 6.23. The number of benzene rings is 1. The topological polar surface area (TPSA) is 66.4 Å². The lowest BCUT2D eigenvalue weighted by Crippen LogP contribution is -2.41. The molecule has 5 heteroatoms. The molecule has 4 nitrogen and oxygen atoms in total. The van der Waals surface area contributed by atoms with E-state index in [0.29, 0.717) is 10.6 Å². The molecule has 1 rings (SSSR count). The summed E-state index contributed by atoms with van der Waals surface area (Å²) in [5, 5.41) is 12.4. The lowest BCUT2D eigenvalue weighted by molar-refractivity contribution is -0.137. The van der Waals surface area contributed by atoms with Gasteiger partial charge < -0.3 is 10.4 Å². The minimum absolute atomic E-state index is 0.0380. The van der Waals surface area contributed by atoms with Gasteiger partial charge in [0.05, 0.1) is 6.04 Å². The van der Waals surface area contributed by atoms with Gasteiger partial charge in [-0.25, -0.2) is 0 Å². The number of hydrogen-bond acceptors (Lipinski definition) is 3. The van der Waals surface area contributed by atoms with E-state index in [1.807, 2.05) is 13.8 Å². The minimum atomic E-state index is -0.903. The van der Waals surface area contributed by atoms with E-state index in [0.717, 1.165) is 0 Å². The highest BCUT2D eigenvalue weighted by atomic mass is 35.5. The van der Waals surface area contributed by atoms with Crippen LogP contribution in [-0.2, 0) is 4.79 Å². The maximum absolute atomic E-state index is 12.3. The number of carboxylic acid groups (broad SMARTS) is 1. The van der Waals surface area contributed by atoms with E-state index >= 15 is 0 Å². The van der Waals surface area contributed by atoms with Crippen LogP contribution in [0.5, 0.6) is 0 Å². The van der Waals surface area contributed by atoms with Crippen LogP contribution >= 0.6 is 11.6 Å². The van der Waals surface area contributed by atoms with Crippen LogP contribution in [0.2, 0.25) is 5.02 Å². The highest BCUT2D eigenvalue weighted by molar-refractivity contribution is 6.30. The van der Waals surface area contributed by atoms with Crippen LogP contribution in [0, 0.1) is 0 Å². The molecule has 0 heterocycles. The second kappa shape index (κ2) is 7.26. The van der Waals surface area contributed by atoms with Gasteiger partial charge in [-0.3, -0.25) is 9.59 Å². The number of ketones is 1. The molecule has 0 radical (unpaired) electrons. The Morgan fingerprint density at radius 1 is 1.26 bits per heavy atom. The molecule has 0 amide bonds. The molecule has 19 heavy (non-hydrogen) atoms. The monoisotopic (exact) mass is 283 g/mol. The number of halogens is 1. The lowest BCUT2D eigenvalue weighted by Gasteiger charge is -2.19. The maximum Gasteiger partial charge on any atom is 0.303 e. The largest absolute Gasteiger partial charge is 0.481 e. The fourth-order valence-corrected chi connectivity index (χ4v) is 1.90. The van der Waals surface area contributed by atoms with Gasteiger partial charge in [-0.1, -0.05) is 25.4 Å². The number of Topliss-reactive ketones (excluding diaryl/α,β-unsaturated/α-hetero) is 1. The summed E-state index contributed by atoms with van der Waals surface area (Å²) in [7, 11) is 0. The molecular formula is C14H18ClNO3. The van der Waals surface area contributed by atoms with Gasteiger partial charge in [0, 0.05) is 23.0 Å². The van der Waals surface area contributed by atoms with E-state index in [-0.39, 0.29) is 24.7 Å². The summed E-state index contributed by atoms with van der Waals surface area (Å²) in [6.45, 7) is 3.84. The van der Waals surface area contributed by atoms with Crippen molar-refractivity contribution in [3.63, 3.8) is 0 Å². The van der Waals surface area contributed by atoms with Crippen LogP contribution < -0.4 is 5.32 Å². The number of carboxylic acids is 1. The Hall–Kier alpha value is -1.39. The average molecular weight is 284 g/mol. The fraction of sp³-hybridized carbons (Fsp3) is 0.429. The molecule has 0 aliphatic heterocycles. The van der Waals surface area contributed by atoms with Crippen molar-refractivity contribution in [2.24, 2.45) is 0 Å². The van der Waals surface area contributed by atoms with Crippen LogP contribution in [0.1, 0.15) is 37.0 Å². The number of hydrogen-bond donors (Lipinski definition) is 2. The number of carbonyl (C=O) groups is 2. The second-order valence-electron chi connectivity index (χ2n) is 4.68. The van der Waals surface area contributed by atoms with E-state index in [9.17, 15) is 9.59 Å². The highest BCUT2D eigenvalue weighted by Gasteiger charge is 2.21. The molecule has 0 spiro atoms. The Bertz CT molecular complexity index is 443. The Balaban J connectivity index is 2.80. The Kier molecular flexibility index (Phi) is 5.99. The van der Waals surface area contributed by atoms with Gasteiger partial charge in [0.1, 0.15) is 0 Å². The lowest BCUT2D eigenvalue weighted by atomic mass is 9.99. The van der Waals surface area contributed by atoms with Crippen LogP contribution in [0.25, 0.3) is 0 Å². The Labute approximate surface area is 117 Å². The van der Waals surface area contributed by atoms with Gasteiger partial charge in [0.2, 0.25) is 0 Å². The first-order valence-electron chi connectivity index (χ1n) is 6.17. The molecule has 1 atom stereocenters. The molecule has 0 aromatic heterocycles. The quantitative estimate of drug-likeness (QED) is 0.755. The maximum atomic E-state index is 12.3. The first kappa shape index (κ1) is 15.7. The molecule has 0 aliphatic rings. The van der Waals surface area contributed by atoms with Gasteiger partial charge in [0.25, 0.3) is 0 Å². The summed E-state index contributed by atoms with van der Waals surface area (Å²) in [5.41, 5.74) is 0.535. The number of nitrogens with one attached hydrogen (secondary N) is 1. The van der Waals surface area contributed by atoms with Crippen molar-refractivity contribution >= 4 is 23.4 Å². The molecule has 0 fully saturated rings. The molecule has 104 valence electrons. The van der Waals surface area contributed by atoms with Crippen molar-refractivity contribution in [3.8, 4) is 0 Å². The molecule has 0 bridgehead atoms. The summed E-state index contributed by atoms with van der Waals surface area (Å²) in [5.74, 6) is -1.01. The molecule has 1 unspecified atom stereocenters. The standard InChI is InChI=1S/C14H18ClNO3/c1-9(2)16-12(7-8-13(17)18)14(19)10-3-5-11(15)6-4-10/h3-6,9,12,16H,7-8H2,1-2H3,(H,17,18). The first-order valence-corrected chi connectivity index (χ1v) is 6.55. The Morgan fingerprint density at radius 2 is 1.84 bits per heavy atom. The normalized spacial score (nSPS) is 12.4. The molecule has 1 aromatic rings. The van der Waals surface area contributed by atoms with Gasteiger partial charge in [-0.2, -0.15) is 0 Å². The summed E-state index contributed by atoms with van der Waals surface area (Å²) < 4.78 is 0. The molecular weight excluding hydrogens is 266 g/mol. The van der Waals surface area contributed by atoms with Crippen LogP contribution in [-0.4, -0.2) is 28.9 Å². The fourth-order valence-electron chi connectivity index (χ4n) is 1.78. The van der Waals surface area contributed by atoms with Gasteiger partial charge in [0.15, 0.2) is 5.78 Å². The van der Waals surface area contributed by atoms with Crippen molar-refractivity contribution in [3.05, 3.63) is 34.9 Å². The average Bonchev–Trinajstić information content (AvgIpc) is 2.34. The van der Waals surface area contributed by atoms with Crippen LogP contribution in [0.15, 0.2) is 24.3 Å². The van der Waals surface area contributed by atoms with E-state index < -0.39 is 12.0 Å².